The van der Waals surface area contributed by atoms with Crippen LogP contribution in [0.3, 0.4) is 0 Å². The van der Waals surface area contributed by atoms with E-state index in [0.717, 1.165) is 5.56 Å². The highest BCUT2D eigenvalue weighted by atomic mass is 16.6. The molecule has 12 nitrogen and oxygen atoms in total. The van der Waals surface area contributed by atoms with Crippen molar-refractivity contribution in [3.05, 3.63) is 68.3 Å². The summed E-state index contributed by atoms with van der Waals surface area (Å²) in [6.07, 6.45) is 0.668. The van der Waals surface area contributed by atoms with Gasteiger partial charge in [-0.2, -0.15) is 5.26 Å². The average Bonchev–Trinajstić information content (AvgIpc) is 2.91. The first-order valence-electron chi connectivity index (χ1n) is 12.9. The molecule has 41 heavy (non-hydrogen) atoms. The maximum Gasteiger partial charge on any atom is 0.408 e. The zero-order chi connectivity index (χ0) is 30.5. The highest BCUT2D eigenvalue weighted by Gasteiger charge is 2.38. The molecule has 0 fully saturated rings. The van der Waals surface area contributed by atoms with Crippen LogP contribution in [0.15, 0.2) is 40.5 Å². The third-order valence-electron chi connectivity index (χ3n) is 6.16. The molecule has 0 saturated carbocycles. The van der Waals surface area contributed by atoms with Gasteiger partial charge in [-0.25, -0.2) is 14.4 Å². The van der Waals surface area contributed by atoms with E-state index in [9.17, 15) is 24.4 Å². The number of carbonyl (C=O) groups is 3. The molecule has 218 valence electrons. The number of amides is 1. The van der Waals surface area contributed by atoms with Gasteiger partial charge in [0.2, 0.25) is 0 Å². The SMILES string of the molecule is CCOC(=O)[C@H](COC(=O)C1=C(C)Nc2c(C)c[nH]c(=O)c2C1c1ccc(C#N)cc1OC)NC(=O)OC(C)(C)C. The van der Waals surface area contributed by atoms with Gasteiger partial charge in [0.25, 0.3) is 5.56 Å². The highest BCUT2D eigenvalue weighted by molar-refractivity contribution is 5.95. The molecule has 2 heterocycles. The third-order valence-corrected chi connectivity index (χ3v) is 6.16. The average molecular weight is 567 g/mol. The predicted octanol–water partition coefficient (Wildman–Crippen LogP) is 3.39. The number of aromatic nitrogens is 1. The zero-order valence-corrected chi connectivity index (χ0v) is 24.1. The highest BCUT2D eigenvalue weighted by Crippen LogP contribution is 2.44. The lowest BCUT2D eigenvalue weighted by molar-refractivity contribution is -0.150. The predicted molar refractivity (Wildman–Crippen MR) is 148 cm³/mol. The summed E-state index contributed by atoms with van der Waals surface area (Å²) >= 11 is 0. The Morgan fingerprint density at radius 1 is 1.17 bits per heavy atom. The van der Waals surface area contributed by atoms with Gasteiger partial charge in [0.05, 0.1) is 48.1 Å². The molecular formula is C29H34N4O8. The summed E-state index contributed by atoms with van der Waals surface area (Å²) in [7, 11) is 1.42. The van der Waals surface area contributed by atoms with Gasteiger partial charge in [-0.05, 0) is 59.2 Å². The van der Waals surface area contributed by atoms with Crippen LogP contribution in [-0.2, 0) is 23.8 Å². The van der Waals surface area contributed by atoms with E-state index in [1.165, 1.54) is 13.2 Å². The van der Waals surface area contributed by atoms with Gasteiger partial charge in [-0.15, -0.1) is 0 Å². The second kappa shape index (κ2) is 12.6. The lowest BCUT2D eigenvalue weighted by Gasteiger charge is -2.31. The number of fused-ring (bicyclic) bond motifs is 1. The van der Waals surface area contributed by atoms with Crippen LogP contribution >= 0.6 is 0 Å². The van der Waals surface area contributed by atoms with Crippen LogP contribution < -0.4 is 20.9 Å². The molecule has 0 spiro atoms. The van der Waals surface area contributed by atoms with Crippen LogP contribution in [0.25, 0.3) is 0 Å². The van der Waals surface area contributed by atoms with Crippen LogP contribution in [0.2, 0.25) is 0 Å². The molecule has 0 aliphatic carbocycles. The number of methoxy groups -OCH3 is 1. The molecule has 2 aromatic rings. The van der Waals surface area contributed by atoms with Crippen LogP contribution in [0.1, 0.15) is 62.8 Å². The topological polar surface area (TPSA) is 169 Å². The fraction of sp³-hybridized carbons (Fsp3) is 0.414. The second-order valence-electron chi connectivity index (χ2n) is 10.3. The van der Waals surface area contributed by atoms with Crippen LogP contribution in [0.5, 0.6) is 5.75 Å². The van der Waals surface area contributed by atoms with Crippen LogP contribution in [0, 0.1) is 18.3 Å². The number of benzene rings is 1. The molecule has 0 radical (unpaired) electrons. The number of alkyl carbamates (subject to hydrolysis) is 1. The quantitative estimate of drug-likeness (QED) is 0.318. The van der Waals surface area contributed by atoms with Crippen molar-refractivity contribution in [1.82, 2.24) is 10.3 Å². The van der Waals surface area contributed by atoms with Crippen molar-refractivity contribution in [3.63, 3.8) is 0 Å². The molecule has 0 bridgehead atoms. The summed E-state index contributed by atoms with van der Waals surface area (Å²) in [5, 5.41) is 14.9. The number of esters is 2. The molecule has 3 N–H and O–H groups in total. The number of carbonyl (C=O) groups excluding carboxylic acids is 3. The number of rotatable bonds is 8. The smallest absolute Gasteiger partial charge is 0.408 e. The Hall–Kier alpha value is -4.79. The van der Waals surface area contributed by atoms with Gasteiger partial charge in [0.15, 0.2) is 6.04 Å². The Morgan fingerprint density at radius 3 is 2.49 bits per heavy atom. The zero-order valence-electron chi connectivity index (χ0n) is 24.1. The Labute approximate surface area is 237 Å². The van der Waals surface area contributed by atoms with Crippen molar-refractivity contribution in [2.75, 3.05) is 25.6 Å². The summed E-state index contributed by atoms with van der Waals surface area (Å²) in [5.74, 6) is -2.33. The summed E-state index contributed by atoms with van der Waals surface area (Å²) in [6.45, 7) is 9.52. The molecule has 1 aliphatic rings. The van der Waals surface area contributed by atoms with E-state index in [2.05, 4.69) is 15.6 Å². The third kappa shape index (κ3) is 7.05. The molecule has 1 aromatic carbocycles. The first-order chi connectivity index (χ1) is 19.3. The largest absolute Gasteiger partial charge is 0.496 e. The molecule has 1 unspecified atom stereocenters. The lowest BCUT2D eigenvalue weighted by Crippen LogP contribution is -2.47. The van der Waals surface area contributed by atoms with Crippen molar-refractivity contribution >= 4 is 23.7 Å². The van der Waals surface area contributed by atoms with Crippen molar-refractivity contribution in [2.24, 2.45) is 0 Å². The van der Waals surface area contributed by atoms with Gasteiger partial charge < -0.3 is 34.6 Å². The summed E-state index contributed by atoms with van der Waals surface area (Å²) in [6, 6.07) is 5.38. The maximum absolute atomic E-state index is 13.7. The number of ether oxygens (including phenoxy) is 4. The van der Waals surface area contributed by atoms with Gasteiger partial charge in [-0.3, -0.25) is 4.79 Å². The second-order valence-corrected chi connectivity index (χ2v) is 10.3. The molecule has 1 amide bonds. The number of nitrogens with zero attached hydrogens (tertiary/aromatic N) is 1. The minimum absolute atomic E-state index is 0.0347. The first kappa shape index (κ1) is 30.7. The van der Waals surface area contributed by atoms with Crippen molar-refractivity contribution in [3.8, 4) is 11.8 Å². The summed E-state index contributed by atoms with van der Waals surface area (Å²) in [4.78, 5) is 54.5. The maximum atomic E-state index is 13.7. The normalized spacial score (nSPS) is 15.0. The van der Waals surface area contributed by atoms with Gasteiger partial charge >= 0.3 is 18.0 Å². The fourth-order valence-electron chi connectivity index (χ4n) is 4.41. The molecular weight excluding hydrogens is 532 g/mol. The Balaban J connectivity index is 2.04. The molecule has 1 aromatic heterocycles. The number of H-pyrrole nitrogens is 1. The molecule has 3 rings (SSSR count). The van der Waals surface area contributed by atoms with Crippen LogP contribution in [0.4, 0.5) is 10.5 Å². The first-order valence-corrected chi connectivity index (χ1v) is 12.9. The molecule has 2 atom stereocenters. The van der Waals surface area contributed by atoms with Crippen molar-refractivity contribution in [2.45, 2.75) is 59.1 Å². The number of nitriles is 1. The van der Waals surface area contributed by atoms with Crippen molar-refractivity contribution in [1.29, 1.82) is 5.26 Å². The van der Waals surface area contributed by atoms with E-state index in [1.807, 2.05) is 6.07 Å². The van der Waals surface area contributed by atoms with Crippen LogP contribution in [-0.4, -0.2) is 55.0 Å². The van der Waals surface area contributed by atoms with Gasteiger partial charge in [0, 0.05) is 17.5 Å². The van der Waals surface area contributed by atoms with E-state index in [4.69, 9.17) is 18.9 Å². The van der Waals surface area contributed by atoms with Gasteiger partial charge in [0.1, 0.15) is 18.0 Å². The van der Waals surface area contributed by atoms with E-state index in [-0.39, 0.29) is 23.5 Å². The number of aromatic amines is 1. The number of nitrogens with one attached hydrogen (secondary N) is 3. The Kier molecular flexibility index (Phi) is 9.44. The van der Waals surface area contributed by atoms with E-state index in [0.29, 0.717) is 22.5 Å². The van der Waals surface area contributed by atoms with E-state index < -0.39 is 47.8 Å². The fourth-order valence-corrected chi connectivity index (χ4v) is 4.41. The standard InChI is InChI=1S/C29H34N4O8/c1-8-39-26(35)19(33-28(37)41-29(4,5)6)14-40-27(36)21-16(3)32-24-15(2)13-31-25(34)23(24)22(21)18-10-9-17(12-30)11-20(18)38-7/h9-11,13,19,22,32H,8,14H2,1-7H3,(H,31,34)(H,33,37)/t19-,22?/m0/s1. The molecule has 1 aliphatic heterocycles. The number of hydrogen-bond acceptors (Lipinski definition) is 10. The monoisotopic (exact) mass is 566 g/mol. The Bertz CT molecular complexity index is 1480. The number of allylic oxidation sites excluding steroid dienone is 1. The van der Waals surface area contributed by atoms with E-state index >= 15 is 0 Å². The number of anilines is 1. The summed E-state index contributed by atoms with van der Waals surface area (Å²) < 4.78 is 21.4. The minimum Gasteiger partial charge on any atom is -0.496 e. The molecule has 12 heteroatoms. The van der Waals surface area contributed by atoms with Gasteiger partial charge in [-0.1, -0.05) is 6.07 Å². The number of pyridine rings is 1. The Morgan fingerprint density at radius 2 is 1.88 bits per heavy atom. The van der Waals surface area contributed by atoms with Crippen molar-refractivity contribution < 1.29 is 33.3 Å². The number of aryl methyl sites for hydroxylation is 1. The lowest BCUT2D eigenvalue weighted by atomic mass is 9.80. The number of hydrogen-bond donors (Lipinski definition) is 3. The minimum atomic E-state index is -1.35. The molecule has 0 saturated heterocycles. The summed E-state index contributed by atoms with van der Waals surface area (Å²) in [5.41, 5.74) is 1.49. The van der Waals surface area contributed by atoms with E-state index in [1.54, 1.807) is 59.9 Å².